The highest BCUT2D eigenvalue weighted by atomic mass is 32.1. The molecule has 0 aliphatic carbocycles. The van der Waals surface area contributed by atoms with Gasteiger partial charge in [-0.2, -0.15) is 4.99 Å². The number of carbonyl (C=O) groups excluding carboxylic acids is 1. The van der Waals surface area contributed by atoms with E-state index in [0.29, 0.717) is 24.6 Å². The number of hydrogen-bond acceptors (Lipinski definition) is 4. The molecule has 5 rings (SSSR count). The van der Waals surface area contributed by atoms with Crippen LogP contribution in [0.1, 0.15) is 5.56 Å². The minimum atomic E-state index is -0.173. The first-order chi connectivity index (χ1) is 14.7. The molecule has 6 heteroatoms. The SMILES string of the molecule is C=CCn1c(=NC(=O)Cc2cccc3ccccc23)sc2cc3c(cc21)OCCO3. The molecule has 0 N–H and O–H groups in total. The van der Waals surface area contributed by atoms with Gasteiger partial charge >= 0.3 is 0 Å². The number of aromatic nitrogens is 1. The number of nitrogens with zero attached hydrogens (tertiary/aromatic N) is 2. The van der Waals surface area contributed by atoms with Crippen molar-refractivity contribution < 1.29 is 14.3 Å². The van der Waals surface area contributed by atoms with E-state index in [1.165, 1.54) is 11.3 Å². The zero-order valence-corrected chi connectivity index (χ0v) is 17.2. The minimum absolute atomic E-state index is 0.173. The molecule has 3 aromatic carbocycles. The first kappa shape index (κ1) is 18.6. The van der Waals surface area contributed by atoms with Gasteiger partial charge < -0.3 is 14.0 Å². The zero-order chi connectivity index (χ0) is 20.5. The van der Waals surface area contributed by atoms with Crippen molar-refractivity contribution in [2.24, 2.45) is 4.99 Å². The van der Waals surface area contributed by atoms with Crippen LogP contribution in [0.25, 0.3) is 21.0 Å². The standard InChI is InChI=1S/C24H20N2O3S/c1-2-10-26-19-14-20-21(29-12-11-28-20)15-22(19)30-24(26)25-23(27)13-17-8-5-7-16-6-3-4-9-18(16)17/h2-9,14-15H,1,10-13H2. The Labute approximate surface area is 177 Å². The molecule has 0 saturated carbocycles. The normalized spacial score (nSPS) is 13.7. The molecule has 0 unspecified atom stereocenters. The van der Waals surface area contributed by atoms with Crippen molar-refractivity contribution in [3.05, 3.63) is 77.6 Å². The molecule has 0 bridgehead atoms. The summed E-state index contributed by atoms with van der Waals surface area (Å²) in [6.07, 6.45) is 2.06. The maximum Gasteiger partial charge on any atom is 0.252 e. The summed E-state index contributed by atoms with van der Waals surface area (Å²) in [4.78, 5) is 18.0. The van der Waals surface area contributed by atoms with Gasteiger partial charge in [0, 0.05) is 18.7 Å². The van der Waals surface area contributed by atoms with E-state index in [2.05, 4.69) is 23.7 Å². The monoisotopic (exact) mass is 416 g/mol. The second kappa shape index (κ2) is 7.80. The van der Waals surface area contributed by atoms with Crippen LogP contribution < -0.4 is 14.3 Å². The van der Waals surface area contributed by atoms with Crippen LogP contribution in [-0.2, 0) is 17.8 Å². The Morgan fingerprint density at radius 2 is 1.87 bits per heavy atom. The van der Waals surface area contributed by atoms with Gasteiger partial charge in [-0.1, -0.05) is 59.9 Å². The van der Waals surface area contributed by atoms with Crippen molar-refractivity contribution in [1.82, 2.24) is 4.57 Å². The van der Waals surface area contributed by atoms with Crippen LogP contribution in [0.5, 0.6) is 11.5 Å². The van der Waals surface area contributed by atoms with E-state index < -0.39 is 0 Å². The van der Waals surface area contributed by atoms with Crippen LogP contribution in [0.3, 0.4) is 0 Å². The summed E-state index contributed by atoms with van der Waals surface area (Å²) in [6, 6.07) is 18.0. The number of amides is 1. The van der Waals surface area contributed by atoms with Gasteiger partial charge in [0.2, 0.25) is 0 Å². The predicted octanol–water partition coefficient (Wildman–Crippen LogP) is 4.48. The second-order valence-electron chi connectivity index (χ2n) is 7.07. The number of carbonyl (C=O) groups is 1. The third kappa shape index (κ3) is 3.39. The highest BCUT2D eigenvalue weighted by Crippen LogP contribution is 2.35. The molecule has 1 aromatic heterocycles. The maximum atomic E-state index is 12.9. The molecule has 0 fully saturated rings. The summed E-state index contributed by atoms with van der Waals surface area (Å²) in [6.45, 7) is 5.48. The van der Waals surface area contributed by atoms with E-state index in [9.17, 15) is 4.79 Å². The predicted molar refractivity (Wildman–Crippen MR) is 119 cm³/mol. The third-order valence-electron chi connectivity index (χ3n) is 5.10. The smallest absolute Gasteiger partial charge is 0.252 e. The Kier molecular flexibility index (Phi) is 4.85. The van der Waals surface area contributed by atoms with Gasteiger partial charge in [-0.25, -0.2) is 0 Å². The molecule has 0 atom stereocenters. The average Bonchev–Trinajstić information content (AvgIpc) is 3.08. The van der Waals surface area contributed by atoms with Crippen LogP contribution in [0.4, 0.5) is 0 Å². The van der Waals surface area contributed by atoms with E-state index in [1.807, 2.05) is 47.0 Å². The van der Waals surface area contributed by atoms with E-state index >= 15 is 0 Å². The molecule has 0 spiro atoms. The first-order valence-electron chi connectivity index (χ1n) is 9.81. The molecule has 1 amide bonds. The van der Waals surface area contributed by atoms with Crippen LogP contribution in [-0.4, -0.2) is 23.7 Å². The van der Waals surface area contributed by atoms with Gasteiger partial charge in [0.25, 0.3) is 5.91 Å². The molecular weight excluding hydrogens is 396 g/mol. The summed E-state index contributed by atoms with van der Waals surface area (Å²) in [5, 5.41) is 2.21. The van der Waals surface area contributed by atoms with E-state index in [0.717, 1.165) is 38.1 Å². The van der Waals surface area contributed by atoms with Crippen LogP contribution in [0.2, 0.25) is 0 Å². The first-order valence-corrected chi connectivity index (χ1v) is 10.6. The molecule has 150 valence electrons. The van der Waals surface area contributed by atoms with Gasteiger partial charge in [-0.3, -0.25) is 4.79 Å². The van der Waals surface area contributed by atoms with Gasteiger partial charge in [0.05, 0.1) is 16.6 Å². The summed E-state index contributed by atoms with van der Waals surface area (Å²) in [7, 11) is 0. The molecule has 2 heterocycles. The molecule has 1 aliphatic heterocycles. The Bertz CT molecular complexity index is 1340. The Morgan fingerprint density at radius 3 is 2.70 bits per heavy atom. The minimum Gasteiger partial charge on any atom is -0.486 e. The zero-order valence-electron chi connectivity index (χ0n) is 16.3. The van der Waals surface area contributed by atoms with Crippen LogP contribution in [0.15, 0.2) is 72.2 Å². The second-order valence-corrected chi connectivity index (χ2v) is 8.08. The largest absolute Gasteiger partial charge is 0.486 e. The lowest BCUT2D eigenvalue weighted by atomic mass is 10.0. The van der Waals surface area contributed by atoms with Crippen LogP contribution in [0, 0.1) is 0 Å². The Balaban J connectivity index is 1.56. The average molecular weight is 417 g/mol. The number of fused-ring (bicyclic) bond motifs is 3. The summed E-state index contributed by atoms with van der Waals surface area (Å²) >= 11 is 1.47. The van der Waals surface area contributed by atoms with Gasteiger partial charge in [0.15, 0.2) is 16.3 Å². The Morgan fingerprint density at radius 1 is 1.10 bits per heavy atom. The number of allylic oxidation sites excluding steroid dienone is 1. The van der Waals surface area contributed by atoms with E-state index in [-0.39, 0.29) is 12.3 Å². The van der Waals surface area contributed by atoms with Crippen molar-refractivity contribution in [2.75, 3.05) is 13.2 Å². The third-order valence-corrected chi connectivity index (χ3v) is 6.14. The molecule has 0 radical (unpaired) electrons. The topological polar surface area (TPSA) is 52.8 Å². The molecular formula is C24H20N2O3S. The molecule has 4 aromatic rings. The fourth-order valence-electron chi connectivity index (χ4n) is 3.75. The maximum absolute atomic E-state index is 12.9. The molecule has 1 aliphatic rings. The van der Waals surface area contributed by atoms with E-state index in [4.69, 9.17) is 9.47 Å². The summed E-state index contributed by atoms with van der Waals surface area (Å²) in [5.41, 5.74) is 1.94. The number of benzene rings is 3. The van der Waals surface area contributed by atoms with E-state index in [1.54, 1.807) is 6.08 Å². The van der Waals surface area contributed by atoms with Crippen molar-refractivity contribution in [2.45, 2.75) is 13.0 Å². The van der Waals surface area contributed by atoms with Crippen molar-refractivity contribution in [1.29, 1.82) is 0 Å². The lowest BCUT2D eigenvalue weighted by molar-refractivity contribution is -0.117. The quantitative estimate of drug-likeness (QED) is 0.461. The van der Waals surface area contributed by atoms with Crippen molar-refractivity contribution >= 4 is 38.2 Å². The Hall–Kier alpha value is -3.38. The lowest BCUT2D eigenvalue weighted by Gasteiger charge is -2.18. The van der Waals surface area contributed by atoms with Gasteiger partial charge in [0.1, 0.15) is 13.2 Å². The van der Waals surface area contributed by atoms with Crippen molar-refractivity contribution in [3.8, 4) is 11.5 Å². The molecule has 5 nitrogen and oxygen atoms in total. The fraction of sp³-hybridized carbons (Fsp3) is 0.167. The van der Waals surface area contributed by atoms with Crippen LogP contribution >= 0.6 is 11.3 Å². The van der Waals surface area contributed by atoms with Gasteiger partial charge in [-0.05, 0) is 16.3 Å². The number of ether oxygens (including phenoxy) is 2. The highest BCUT2D eigenvalue weighted by Gasteiger charge is 2.16. The lowest BCUT2D eigenvalue weighted by Crippen LogP contribution is -2.17. The number of rotatable bonds is 4. The highest BCUT2D eigenvalue weighted by molar-refractivity contribution is 7.16. The molecule has 0 saturated heterocycles. The van der Waals surface area contributed by atoms with Crippen molar-refractivity contribution in [3.63, 3.8) is 0 Å². The fourth-order valence-corrected chi connectivity index (χ4v) is 4.82. The number of hydrogen-bond donors (Lipinski definition) is 0. The summed E-state index contributed by atoms with van der Waals surface area (Å²) in [5.74, 6) is 1.28. The number of thiazole rings is 1. The summed E-state index contributed by atoms with van der Waals surface area (Å²) < 4.78 is 14.4. The molecule has 30 heavy (non-hydrogen) atoms. The van der Waals surface area contributed by atoms with Gasteiger partial charge in [-0.15, -0.1) is 6.58 Å².